The van der Waals surface area contributed by atoms with Crippen molar-refractivity contribution < 1.29 is 14.2 Å². The molecule has 0 saturated heterocycles. The van der Waals surface area contributed by atoms with E-state index in [4.69, 9.17) is 21.5 Å². The molecule has 0 bridgehead atoms. The largest absolute Gasteiger partial charge is 0.519 e. The maximum absolute atomic E-state index is 12.5. The number of aryl methyl sites for hydroxylation is 1. The zero-order valence-corrected chi connectivity index (χ0v) is 13.3. The SMILES string of the molecule is Cc1ccc2c(c1)C1(CCO2)N=[N+](c2ccc(Cl)cc2)C(=O)N1. The molecular weight excluding hydrogens is 314 g/mol. The number of urea groups is 1. The normalized spacial score (nSPS) is 22.3. The van der Waals surface area contributed by atoms with Gasteiger partial charge in [-0.3, -0.25) is 0 Å². The molecule has 5 nitrogen and oxygen atoms in total. The van der Waals surface area contributed by atoms with Gasteiger partial charge in [0, 0.05) is 5.02 Å². The summed E-state index contributed by atoms with van der Waals surface area (Å²) in [5.41, 5.74) is 1.91. The number of benzene rings is 2. The number of rotatable bonds is 1. The lowest BCUT2D eigenvalue weighted by Gasteiger charge is -2.27. The van der Waals surface area contributed by atoms with Gasteiger partial charge in [-0.2, -0.15) is 4.79 Å². The Morgan fingerprint density at radius 1 is 1.26 bits per heavy atom. The molecule has 23 heavy (non-hydrogen) atoms. The summed E-state index contributed by atoms with van der Waals surface area (Å²) >= 11 is 5.92. The number of nitrogens with zero attached hydrogens (tertiary/aromatic N) is 2. The Kier molecular flexibility index (Phi) is 3.13. The van der Waals surface area contributed by atoms with Crippen LogP contribution < -0.4 is 10.1 Å². The van der Waals surface area contributed by atoms with Crippen molar-refractivity contribution in [3.05, 3.63) is 58.6 Å². The predicted molar refractivity (Wildman–Crippen MR) is 85.3 cm³/mol. The number of hydrogen-bond donors (Lipinski definition) is 1. The van der Waals surface area contributed by atoms with Gasteiger partial charge in [-0.05, 0) is 43.3 Å². The van der Waals surface area contributed by atoms with Crippen molar-refractivity contribution in [1.82, 2.24) is 5.32 Å². The van der Waals surface area contributed by atoms with Crippen LogP contribution in [-0.2, 0) is 5.66 Å². The van der Waals surface area contributed by atoms with Crippen molar-refractivity contribution in [3.8, 4) is 5.75 Å². The Hall–Kier alpha value is -2.40. The van der Waals surface area contributed by atoms with Gasteiger partial charge in [0.1, 0.15) is 5.75 Å². The Labute approximate surface area is 138 Å². The molecule has 0 aliphatic carbocycles. The van der Waals surface area contributed by atoms with E-state index in [2.05, 4.69) is 5.32 Å². The first kappa shape index (κ1) is 14.2. The molecule has 2 heterocycles. The van der Waals surface area contributed by atoms with Crippen molar-refractivity contribution in [2.24, 2.45) is 5.11 Å². The van der Waals surface area contributed by atoms with Gasteiger partial charge in [0.2, 0.25) is 0 Å². The quantitative estimate of drug-likeness (QED) is 0.801. The Bertz CT molecular complexity index is 832. The molecule has 0 saturated carbocycles. The van der Waals surface area contributed by atoms with Crippen molar-refractivity contribution >= 4 is 23.3 Å². The number of carbonyl (C=O) groups is 1. The van der Waals surface area contributed by atoms with E-state index in [1.807, 2.05) is 25.1 Å². The van der Waals surface area contributed by atoms with E-state index in [1.54, 1.807) is 24.3 Å². The van der Waals surface area contributed by atoms with Gasteiger partial charge in [-0.15, -0.1) is 0 Å². The fraction of sp³-hybridized carbons (Fsp3) is 0.235. The average Bonchev–Trinajstić information content (AvgIpc) is 2.86. The van der Waals surface area contributed by atoms with E-state index in [-0.39, 0.29) is 6.03 Å². The number of halogens is 1. The first-order valence-electron chi connectivity index (χ1n) is 7.42. The molecule has 0 aromatic heterocycles. The molecule has 2 aliphatic rings. The molecule has 0 radical (unpaired) electrons. The number of azo groups is 2. The van der Waals surface area contributed by atoms with Crippen LogP contribution in [0.1, 0.15) is 17.5 Å². The number of fused-ring (bicyclic) bond motifs is 2. The predicted octanol–water partition coefficient (Wildman–Crippen LogP) is 4.10. The third-order valence-corrected chi connectivity index (χ3v) is 4.40. The first-order valence-corrected chi connectivity index (χ1v) is 7.80. The highest BCUT2D eigenvalue weighted by molar-refractivity contribution is 6.30. The lowest BCUT2D eigenvalue weighted by atomic mass is 9.93. The second kappa shape index (κ2) is 5.06. The van der Waals surface area contributed by atoms with Gasteiger partial charge in [0.05, 0.1) is 18.6 Å². The van der Waals surface area contributed by atoms with Gasteiger partial charge in [-0.25, -0.2) is 5.32 Å². The minimum Gasteiger partial charge on any atom is -0.493 e. The van der Waals surface area contributed by atoms with E-state index < -0.39 is 5.66 Å². The summed E-state index contributed by atoms with van der Waals surface area (Å²) in [4.78, 5) is 12.5. The number of nitrogens with one attached hydrogen (secondary N) is 1. The molecule has 1 unspecified atom stereocenters. The topological polar surface area (TPSA) is 53.7 Å². The molecule has 0 fully saturated rings. The molecule has 6 heteroatoms. The third kappa shape index (κ3) is 2.28. The van der Waals surface area contributed by atoms with E-state index in [1.165, 1.54) is 4.70 Å². The summed E-state index contributed by atoms with van der Waals surface area (Å²) in [7, 11) is 0. The molecule has 2 amide bonds. The number of amides is 2. The van der Waals surface area contributed by atoms with Crippen molar-refractivity contribution in [1.29, 1.82) is 0 Å². The zero-order valence-electron chi connectivity index (χ0n) is 12.5. The van der Waals surface area contributed by atoms with Crippen LogP contribution in [0, 0.1) is 6.92 Å². The van der Waals surface area contributed by atoms with E-state index in [9.17, 15) is 4.79 Å². The molecule has 4 rings (SSSR count). The molecule has 2 aromatic rings. The smallest absolute Gasteiger partial charge is 0.493 e. The molecule has 1 N–H and O–H groups in total. The fourth-order valence-corrected chi connectivity index (χ4v) is 3.12. The monoisotopic (exact) mass is 328 g/mol. The summed E-state index contributed by atoms with van der Waals surface area (Å²) in [5.74, 6) is 0.767. The lowest BCUT2D eigenvalue weighted by Crippen LogP contribution is -2.43. The minimum absolute atomic E-state index is 0.248. The van der Waals surface area contributed by atoms with Crippen LogP contribution in [0.2, 0.25) is 5.02 Å². The van der Waals surface area contributed by atoms with E-state index in [0.29, 0.717) is 23.7 Å². The van der Waals surface area contributed by atoms with Gasteiger partial charge in [-0.1, -0.05) is 33.0 Å². The van der Waals surface area contributed by atoms with Crippen LogP contribution in [0.15, 0.2) is 47.6 Å². The van der Waals surface area contributed by atoms with Crippen molar-refractivity contribution in [2.75, 3.05) is 6.61 Å². The molecule has 2 aliphatic heterocycles. The molecule has 2 aromatic carbocycles. The van der Waals surface area contributed by atoms with Gasteiger partial charge >= 0.3 is 6.03 Å². The van der Waals surface area contributed by atoms with Crippen LogP contribution in [-0.4, -0.2) is 17.3 Å². The maximum Gasteiger partial charge on any atom is 0.519 e. The third-order valence-electron chi connectivity index (χ3n) is 4.15. The lowest BCUT2D eigenvalue weighted by molar-refractivity contribution is -0.404. The number of hydrogen-bond acceptors (Lipinski definition) is 3. The Balaban J connectivity index is 1.84. The summed E-state index contributed by atoms with van der Waals surface area (Å²) in [6.07, 6.45) is 0.597. The second-order valence-electron chi connectivity index (χ2n) is 5.78. The average molecular weight is 329 g/mol. The first-order chi connectivity index (χ1) is 11.1. The van der Waals surface area contributed by atoms with Crippen molar-refractivity contribution in [3.63, 3.8) is 0 Å². The van der Waals surface area contributed by atoms with Crippen LogP contribution in [0.4, 0.5) is 10.5 Å². The highest BCUT2D eigenvalue weighted by atomic mass is 35.5. The minimum atomic E-state index is -0.768. The highest BCUT2D eigenvalue weighted by Gasteiger charge is 2.52. The molecule has 116 valence electrons. The van der Waals surface area contributed by atoms with Crippen LogP contribution in [0.5, 0.6) is 5.75 Å². The summed E-state index contributed by atoms with van der Waals surface area (Å²) in [6, 6.07) is 12.7. The Morgan fingerprint density at radius 3 is 2.83 bits per heavy atom. The number of ether oxygens (including phenoxy) is 1. The summed E-state index contributed by atoms with van der Waals surface area (Å²) in [5, 5.41) is 8.34. The summed E-state index contributed by atoms with van der Waals surface area (Å²) < 4.78 is 7.11. The fourth-order valence-electron chi connectivity index (χ4n) is 3.00. The van der Waals surface area contributed by atoms with E-state index in [0.717, 1.165) is 16.9 Å². The summed E-state index contributed by atoms with van der Waals surface area (Å²) in [6.45, 7) is 2.52. The van der Waals surface area contributed by atoms with Gasteiger partial charge < -0.3 is 4.74 Å². The maximum atomic E-state index is 12.5. The van der Waals surface area contributed by atoms with Crippen LogP contribution in [0.3, 0.4) is 0 Å². The standard InChI is InChI=1S/C17H14ClN3O2/c1-11-2-7-15-14(10-11)17(8-9-23-15)19-16(22)21(20-17)13-5-3-12(18)4-6-13/h2-7,10H,8-9H2,1H3/p+1. The van der Waals surface area contributed by atoms with Crippen molar-refractivity contribution in [2.45, 2.75) is 19.0 Å². The Morgan fingerprint density at radius 2 is 2.04 bits per heavy atom. The molecular formula is C17H15ClN3O2+. The van der Waals surface area contributed by atoms with Gasteiger partial charge in [0.15, 0.2) is 5.69 Å². The zero-order chi connectivity index (χ0) is 16.0. The van der Waals surface area contributed by atoms with E-state index >= 15 is 0 Å². The molecule has 1 spiro atoms. The highest BCUT2D eigenvalue weighted by Crippen LogP contribution is 2.41. The van der Waals surface area contributed by atoms with Crippen LogP contribution >= 0.6 is 11.6 Å². The van der Waals surface area contributed by atoms with Crippen LogP contribution in [0.25, 0.3) is 0 Å². The molecule has 1 atom stereocenters. The second-order valence-corrected chi connectivity index (χ2v) is 6.21. The van der Waals surface area contributed by atoms with Gasteiger partial charge in [0.25, 0.3) is 5.66 Å². The number of carbonyl (C=O) groups excluding carboxylic acids is 1.